The van der Waals surface area contributed by atoms with Crippen molar-refractivity contribution in [3.63, 3.8) is 0 Å². The molecule has 1 aliphatic heterocycles. The zero-order valence-corrected chi connectivity index (χ0v) is 17.3. The van der Waals surface area contributed by atoms with E-state index in [2.05, 4.69) is 10.3 Å². The van der Waals surface area contributed by atoms with Crippen LogP contribution in [-0.2, 0) is 11.3 Å². The number of hydrogen-bond donors (Lipinski definition) is 1. The van der Waals surface area contributed by atoms with E-state index in [4.69, 9.17) is 9.47 Å². The minimum atomic E-state index is -0.290. The Morgan fingerprint density at radius 3 is 2.74 bits per heavy atom. The van der Waals surface area contributed by atoms with Gasteiger partial charge in [0, 0.05) is 4.88 Å². The average molecular weight is 433 g/mol. The van der Waals surface area contributed by atoms with Gasteiger partial charge in [-0.05, 0) is 23.8 Å². The first-order chi connectivity index (χ1) is 15.2. The lowest BCUT2D eigenvalue weighted by Crippen LogP contribution is -2.42. The number of hydrogen-bond acceptors (Lipinski definition) is 6. The van der Waals surface area contributed by atoms with Gasteiger partial charge in [-0.3, -0.25) is 14.2 Å². The normalized spacial score (nSPS) is 15.0. The van der Waals surface area contributed by atoms with Gasteiger partial charge in [0.2, 0.25) is 5.91 Å². The lowest BCUT2D eigenvalue weighted by molar-refractivity contribution is -0.122. The third kappa shape index (κ3) is 4.02. The molecule has 0 saturated heterocycles. The maximum Gasteiger partial charge on any atom is 0.262 e. The van der Waals surface area contributed by atoms with Gasteiger partial charge in [0.05, 0.1) is 18.3 Å². The number of benzene rings is 2. The number of rotatable bonds is 5. The molecule has 0 saturated carbocycles. The molecule has 1 atom stereocenters. The molecule has 0 bridgehead atoms. The Morgan fingerprint density at radius 1 is 1.13 bits per heavy atom. The molecule has 0 unspecified atom stereocenters. The number of nitrogens with one attached hydrogen (secondary N) is 1. The Labute approximate surface area is 181 Å². The quantitative estimate of drug-likeness (QED) is 0.523. The van der Waals surface area contributed by atoms with E-state index in [9.17, 15) is 9.59 Å². The number of para-hydroxylation sites is 2. The summed E-state index contributed by atoms with van der Waals surface area (Å²) in [4.78, 5) is 31.3. The van der Waals surface area contributed by atoms with Crippen molar-refractivity contribution in [1.29, 1.82) is 0 Å². The van der Waals surface area contributed by atoms with Gasteiger partial charge in [-0.15, -0.1) is 11.3 Å². The van der Waals surface area contributed by atoms with Gasteiger partial charge in [0.1, 0.15) is 24.1 Å². The molecule has 8 heteroatoms. The molecule has 2 aromatic heterocycles. The van der Waals surface area contributed by atoms with Gasteiger partial charge < -0.3 is 14.8 Å². The summed E-state index contributed by atoms with van der Waals surface area (Å²) in [5.74, 6) is 1.07. The van der Waals surface area contributed by atoms with E-state index in [-0.39, 0.29) is 30.7 Å². The van der Waals surface area contributed by atoms with Crippen molar-refractivity contribution in [1.82, 2.24) is 14.9 Å². The maximum atomic E-state index is 12.9. The summed E-state index contributed by atoms with van der Waals surface area (Å²) in [6.07, 6.45) is 1.13. The maximum absolute atomic E-state index is 12.9. The van der Waals surface area contributed by atoms with Crippen molar-refractivity contribution >= 4 is 27.5 Å². The molecular weight excluding hydrogens is 414 g/mol. The van der Waals surface area contributed by atoms with Crippen molar-refractivity contribution in [3.8, 4) is 21.9 Å². The van der Waals surface area contributed by atoms with Crippen LogP contribution in [0, 0.1) is 0 Å². The van der Waals surface area contributed by atoms with Crippen molar-refractivity contribution in [3.05, 3.63) is 77.3 Å². The predicted molar refractivity (Wildman–Crippen MR) is 119 cm³/mol. The molecular formula is C23H19N3O4S. The second-order valence-electron chi connectivity index (χ2n) is 7.17. The lowest BCUT2D eigenvalue weighted by Gasteiger charge is -2.26. The van der Waals surface area contributed by atoms with E-state index in [0.717, 1.165) is 10.4 Å². The van der Waals surface area contributed by atoms with E-state index in [1.807, 2.05) is 60.7 Å². The molecule has 156 valence electrons. The number of ether oxygens (including phenoxy) is 2. The van der Waals surface area contributed by atoms with Gasteiger partial charge in [-0.2, -0.15) is 0 Å². The number of carbonyl (C=O) groups is 1. The van der Waals surface area contributed by atoms with Crippen LogP contribution in [0.1, 0.15) is 0 Å². The van der Waals surface area contributed by atoms with Crippen LogP contribution in [0.25, 0.3) is 20.7 Å². The summed E-state index contributed by atoms with van der Waals surface area (Å²) in [7, 11) is 0. The van der Waals surface area contributed by atoms with Gasteiger partial charge in [-0.1, -0.05) is 42.5 Å². The molecule has 0 fully saturated rings. The summed E-state index contributed by atoms with van der Waals surface area (Å²) in [6.45, 7) is 0.526. The van der Waals surface area contributed by atoms with Gasteiger partial charge in [0.25, 0.3) is 5.56 Å². The van der Waals surface area contributed by atoms with Crippen LogP contribution < -0.4 is 20.3 Å². The average Bonchev–Trinajstić information content (AvgIpc) is 3.25. The number of thiophene rings is 1. The van der Waals surface area contributed by atoms with Crippen LogP contribution in [0.3, 0.4) is 0 Å². The second-order valence-corrected chi connectivity index (χ2v) is 8.21. The van der Waals surface area contributed by atoms with E-state index >= 15 is 0 Å². The zero-order valence-electron chi connectivity index (χ0n) is 16.5. The van der Waals surface area contributed by atoms with Crippen LogP contribution in [0.5, 0.6) is 11.5 Å². The number of carbonyl (C=O) groups excluding carboxylic acids is 1. The third-order valence-corrected chi connectivity index (χ3v) is 6.08. The highest BCUT2D eigenvalue weighted by atomic mass is 32.1. The minimum absolute atomic E-state index is 0.109. The fourth-order valence-corrected chi connectivity index (χ4v) is 4.41. The Balaban J connectivity index is 1.25. The van der Waals surface area contributed by atoms with Crippen molar-refractivity contribution < 1.29 is 14.3 Å². The standard InChI is InChI=1S/C23H19N3O4S/c27-21(24-11-16-13-29-18-8-4-5-9-19(18)30-16)12-26-14-25-22-17(23(26)28)10-20(31-22)15-6-2-1-3-7-15/h1-10,14,16H,11-13H2,(H,24,27)/t16-/m0/s1. The molecule has 5 rings (SSSR count). The van der Waals surface area contributed by atoms with Crippen molar-refractivity contribution in [2.75, 3.05) is 13.2 Å². The van der Waals surface area contributed by atoms with E-state index in [0.29, 0.717) is 28.3 Å². The molecule has 0 radical (unpaired) electrons. The molecule has 1 amide bonds. The molecule has 31 heavy (non-hydrogen) atoms. The highest BCUT2D eigenvalue weighted by molar-refractivity contribution is 7.21. The Bertz CT molecular complexity index is 1300. The summed E-state index contributed by atoms with van der Waals surface area (Å²) in [5, 5.41) is 3.32. The molecule has 0 spiro atoms. The first-order valence-corrected chi connectivity index (χ1v) is 10.7. The van der Waals surface area contributed by atoms with Gasteiger partial charge in [0.15, 0.2) is 11.5 Å². The SMILES string of the molecule is O=C(Cn1cnc2sc(-c3ccccc3)cc2c1=O)NC[C@H]1COc2ccccc2O1. The third-order valence-electron chi connectivity index (χ3n) is 4.98. The minimum Gasteiger partial charge on any atom is -0.486 e. The summed E-state index contributed by atoms with van der Waals surface area (Å²) >= 11 is 1.46. The monoisotopic (exact) mass is 433 g/mol. The van der Waals surface area contributed by atoms with Crippen molar-refractivity contribution in [2.45, 2.75) is 12.6 Å². The fourth-order valence-electron chi connectivity index (χ4n) is 3.42. The molecule has 2 aromatic carbocycles. The molecule has 3 heterocycles. The largest absolute Gasteiger partial charge is 0.486 e. The number of nitrogens with zero attached hydrogens (tertiary/aromatic N) is 2. The first kappa shape index (κ1) is 19.3. The molecule has 0 aliphatic carbocycles. The Kier molecular flexibility index (Phi) is 5.13. The van der Waals surface area contributed by atoms with Crippen LogP contribution in [0.15, 0.2) is 71.8 Å². The lowest BCUT2D eigenvalue weighted by atomic mass is 10.2. The number of fused-ring (bicyclic) bond motifs is 2. The van der Waals surface area contributed by atoms with E-state index in [1.165, 1.54) is 22.2 Å². The first-order valence-electron chi connectivity index (χ1n) is 9.87. The van der Waals surface area contributed by atoms with E-state index in [1.54, 1.807) is 0 Å². The molecule has 1 N–H and O–H groups in total. The van der Waals surface area contributed by atoms with Crippen LogP contribution in [-0.4, -0.2) is 34.7 Å². The number of amides is 1. The Morgan fingerprint density at radius 2 is 1.90 bits per heavy atom. The van der Waals surface area contributed by atoms with Crippen LogP contribution in [0.4, 0.5) is 0 Å². The topological polar surface area (TPSA) is 82.5 Å². The van der Waals surface area contributed by atoms with Gasteiger partial charge >= 0.3 is 0 Å². The van der Waals surface area contributed by atoms with Crippen molar-refractivity contribution in [2.24, 2.45) is 0 Å². The zero-order chi connectivity index (χ0) is 21.2. The van der Waals surface area contributed by atoms with Crippen LogP contribution >= 0.6 is 11.3 Å². The van der Waals surface area contributed by atoms with E-state index < -0.39 is 0 Å². The summed E-state index contributed by atoms with van der Waals surface area (Å²) in [6, 6.07) is 19.1. The van der Waals surface area contributed by atoms with Gasteiger partial charge in [-0.25, -0.2) is 4.98 Å². The summed E-state index contributed by atoms with van der Waals surface area (Å²) < 4.78 is 12.8. The molecule has 7 nitrogen and oxygen atoms in total. The Hall–Kier alpha value is -3.65. The molecule has 4 aromatic rings. The fraction of sp³-hybridized carbons (Fsp3) is 0.174. The highest BCUT2D eigenvalue weighted by Crippen LogP contribution is 2.31. The smallest absolute Gasteiger partial charge is 0.262 e. The molecule has 1 aliphatic rings. The van der Waals surface area contributed by atoms with Crippen LogP contribution in [0.2, 0.25) is 0 Å². The highest BCUT2D eigenvalue weighted by Gasteiger charge is 2.21. The predicted octanol–water partition coefficient (Wildman–Crippen LogP) is 3.08. The summed E-state index contributed by atoms with van der Waals surface area (Å²) in [5.41, 5.74) is 0.801. The second kappa shape index (κ2) is 8.23. The number of aromatic nitrogens is 2.